The Morgan fingerprint density at radius 1 is 1.19 bits per heavy atom. The topological polar surface area (TPSA) is 34.6 Å². The van der Waals surface area contributed by atoms with Crippen LogP contribution in [0.4, 0.5) is 5.69 Å². The lowest BCUT2D eigenvalue weighted by Gasteiger charge is -2.41. The van der Waals surface area contributed by atoms with E-state index >= 15 is 0 Å². The number of benzene rings is 1. The first kappa shape index (κ1) is 22.7. The van der Waals surface area contributed by atoms with Gasteiger partial charge in [-0.05, 0) is 95.5 Å². The van der Waals surface area contributed by atoms with E-state index < -0.39 is 0 Å². The molecule has 4 rings (SSSR count). The van der Waals surface area contributed by atoms with E-state index in [4.69, 9.17) is 12.2 Å². The lowest BCUT2D eigenvalue weighted by atomic mass is 9.86. The molecule has 6 heteroatoms. The second-order valence-electron chi connectivity index (χ2n) is 9.79. The van der Waals surface area contributed by atoms with E-state index in [0.717, 1.165) is 30.3 Å². The highest BCUT2D eigenvalue weighted by molar-refractivity contribution is 7.80. The number of hydrogen-bond acceptors (Lipinski definition) is 4. The standard InChI is InChI=1S/C26H35N5S/c1-18-17-26(2,3)30(6)22-12-11-19(16-20(18)22)24-23(21-10-7-8-13-27-21)28-25(32)31(24)15-9-14-29(4)5/h7-8,10-13,16-17,23-24H,9,14-15H2,1-6H3,(H,28,32). The van der Waals surface area contributed by atoms with Crippen LogP contribution in [0.15, 0.2) is 48.7 Å². The number of hydrogen-bond donors (Lipinski definition) is 1. The van der Waals surface area contributed by atoms with E-state index in [2.05, 4.69) is 103 Å². The molecular formula is C26H35N5S. The number of pyridine rings is 1. The lowest BCUT2D eigenvalue weighted by molar-refractivity contribution is 0.293. The van der Waals surface area contributed by atoms with E-state index in [1.54, 1.807) is 0 Å². The Morgan fingerprint density at radius 2 is 1.97 bits per heavy atom. The van der Waals surface area contributed by atoms with Gasteiger partial charge >= 0.3 is 0 Å². The van der Waals surface area contributed by atoms with E-state index in [1.165, 1.54) is 22.4 Å². The van der Waals surface area contributed by atoms with Crippen LogP contribution in [0.2, 0.25) is 0 Å². The summed E-state index contributed by atoms with van der Waals surface area (Å²) in [6.45, 7) is 8.69. The van der Waals surface area contributed by atoms with Crippen LogP contribution < -0.4 is 10.2 Å². The van der Waals surface area contributed by atoms with E-state index in [-0.39, 0.29) is 17.6 Å². The van der Waals surface area contributed by atoms with Gasteiger partial charge in [-0.25, -0.2) is 0 Å². The zero-order valence-electron chi connectivity index (χ0n) is 20.1. The van der Waals surface area contributed by atoms with Crippen molar-refractivity contribution in [1.82, 2.24) is 20.1 Å². The van der Waals surface area contributed by atoms with Crippen LogP contribution in [-0.2, 0) is 0 Å². The Kier molecular flexibility index (Phi) is 6.28. The van der Waals surface area contributed by atoms with E-state index in [1.807, 2.05) is 12.3 Å². The van der Waals surface area contributed by atoms with Crippen LogP contribution in [-0.4, -0.2) is 59.7 Å². The van der Waals surface area contributed by atoms with Crippen molar-refractivity contribution < 1.29 is 0 Å². The molecular weight excluding hydrogens is 414 g/mol. The van der Waals surface area contributed by atoms with Crippen LogP contribution in [0, 0.1) is 0 Å². The molecule has 0 bridgehead atoms. The van der Waals surface area contributed by atoms with Gasteiger partial charge in [0, 0.05) is 31.0 Å². The summed E-state index contributed by atoms with van der Waals surface area (Å²) in [5, 5.41) is 4.39. The fourth-order valence-corrected chi connectivity index (χ4v) is 5.26. The molecule has 2 atom stereocenters. The van der Waals surface area contributed by atoms with Crippen LogP contribution in [0.1, 0.15) is 56.1 Å². The number of aromatic nitrogens is 1. The summed E-state index contributed by atoms with van der Waals surface area (Å²) in [6.07, 6.45) is 5.28. The zero-order chi connectivity index (χ0) is 23.0. The maximum absolute atomic E-state index is 5.82. The molecule has 1 fully saturated rings. The smallest absolute Gasteiger partial charge is 0.170 e. The molecule has 170 valence electrons. The van der Waals surface area contributed by atoms with Gasteiger partial charge in [0.05, 0.1) is 23.3 Å². The van der Waals surface area contributed by atoms with Crippen molar-refractivity contribution in [1.29, 1.82) is 0 Å². The summed E-state index contributed by atoms with van der Waals surface area (Å²) < 4.78 is 0. The monoisotopic (exact) mass is 449 g/mol. The quantitative estimate of drug-likeness (QED) is 0.648. The summed E-state index contributed by atoms with van der Waals surface area (Å²) in [5.74, 6) is 0. The summed E-state index contributed by atoms with van der Waals surface area (Å²) in [6, 6.07) is 13.2. The summed E-state index contributed by atoms with van der Waals surface area (Å²) >= 11 is 5.82. The van der Waals surface area contributed by atoms with Crippen molar-refractivity contribution in [3.05, 3.63) is 65.5 Å². The highest BCUT2D eigenvalue weighted by Crippen LogP contribution is 2.43. The third-order valence-corrected chi connectivity index (χ3v) is 7.14. The average Bonchev–Trinajstić information content (AvgIpc) is 3.08. The number of likely N-dealkylation sites (N-methyl/N-ethyl adjacent to an activating group) is 1. The second-order valence-corrected chi connectivity index (χ2v) is 10.2. The number of thiocarbonyl (C=S) groups is 1. The van der Waals surface area contributed by atoms with Crippen molar-refractivity contribution in [3.8, 4) is 0 Å². The molecule has 0 spiro atoms. The van der Waals surface area contributed by atoms with Gasteiger partial charge in [-0.2, -0.15) is 0 Å². The Hall–Kier alpha value is -2.44. The summed E-state index contributed by atoms with van der Waals surface area (Å²) in [7, 11) is 6.41. The number of allylic oxidation sites excluding steroid dienone is 1. The fraction of sp³-hybridized carbons (Fsp3) is 0.462. The van der Waals surface area contributed by atoms with Crippen molar-refractivity contribution in [2.45, 2.75) is 44.8 Å². The molecule has 0 aliphatic carbocycles. The zero-order valence-corrected chi connectivity index (χ0v) is 20.9. The number of nitrogens with one attached hydrogen (secondary N) is 1. The highest BCUT2D eigenvalue weighted by atomic mass is 32.1. The first-order chi connectivity index (χ1) is 15.2. The number of nitrogens with zero attached hydrogens (tertiary/aromatic N) is 4. The third kappa shape index (κ3) is 4.26. The van der Waals surface area contributed by atoms with Crippen molar-refractivity contribution in [3.63, 3.8) is 0 Å². The normalized spacial score (nSPS) is 22.1. The molecule has 1 saturated heterocycles. The van der Waals surface area contributed by atoms with Gasteiger partial charge < -0.3 is 20.0 Å². The molecule has 2 aliphatic heterocycles. The van der Waals surface area contributed by atoms with E-state index in [9.17, 15) is 0 Å². The van der Waals surface area contributed by atoms with Gasteiger partial charge in [0.1, 0.15) is 0 Å². The maximum atomic E-state index is 5.82. The van der Waals surface area contributed by atoms with Crippen LogP contribution >= 0.6 is 12.2 Å². The largest absolute Gasteiger partial charge is 0.366 e. The SMILES string of the molecule is CC1=CC(C)(C)N(C)c2ccc(C3C(c4ccccn4)NC(=S)N3CCCN(C)C)cc21. The number of anilines is 1. The van der Waals surface area contributed by atoms with Gasteiger partial charge in [-0.15, -0.1) is 0 Å². The minimum Gasteiger partial charge on any atom is -0.366 e. The molecule has 2 aliphatic rings. The molecule has 0 radical (unpaired) electrons. The van der Waals surface area contributed by atoms with Gasteiger partial charge in [-0.1, -0.05) is 18.2 Å². The number of fused-ring (bicyclic) bond motifs is 1. The Labute approximate surface area is 198 Å². The maximum Gasteiger partial charge on any atom is 0.170 e. The Balaban J connectivity index is 1.74. The first-order valence-corrected chi connectivity index (χ1v) is 11.8. The van der Waals surface area contributed by atoms with Crippen LogP contribution in [0.3, 0.4) is 0 Å². The second kappa shape index (κ2) is 8.83. The van der Waals surface area contributed by atoms with Crippen LogP contribution in [0.5, 0.6) is 0 Å². The molecule has 1 aromatic carbocycles. The Morgan fingerprint density at radius 3 is 2.66 bits per heavy atom. The van der Waals surface area contributed by atoms with Gasteiger partial charge in [0.2, 0.25) is 0 Å². The van der Waals surface area contributed by atoms with E-state index in [0.29, 0.717) is 0 Å². The van der Waals surface area contributed by atoms with Crippen molar-refractivity contribution >= 4 is 28.6 Å². The molecule has 0 saturated carbocycles. The minimum atomic E-state index is 0.00376. The van der Waals surface area contributed by atoms with Crippen molar-refractivity contribution in [2.75, 3.05) is 39.1 Å². The molecule has 5 nitrogen and oxygen atoms in total. The molecule has 1 aromatic heterocycles. The molecule has 0 amide bonds. The highest BCUT2D eigenvalue weighted by Gasteiger charge is 2.40. The Bertz CT molecular complexity index is 1010. The predicted octanol–water partition coefficient (Wildman–Crippen LogP) is 4.64. The molecule has 32 heavy (non-hydrogen) atoms. The summed E-state index contributed by atoms with van der Waals surface area (Å²) in [4.78, 5) is 11.6. The molecule has 2 aromatic rings. The lowest BCUT2D eigenvalue weighted by Crippen LogP contribution is -2.42. The fourth-order valence-electron chi connectivity index (χ4n) is 4.93. The van der Waals surface area contributed by atoms with Gasteiger partial charge in [0.25, 0.3) is 0 Å². The van der Waals surface area contributed by atoms with Crippen LogP contribution in [0.25, 0.3) is 5.57 Å². The van der Waals surface area contributed by atoms with Gasteiger partial charge in [-0.3, -0.25) is 4.98 Å². The average molecular weight is 450 g/mol. The third-order valence-electron chi connectivity index (χ3n) is 6.78. The minimum absolute atomic E-state index is 0.00376. The summed E-state index contributed by atoms with van der Waals surface area (Å²) in [5.41, 5.74) is 6.21. The predicted molar refractivity (Wildman–Crippen MR) is 138 cm³/mol. The molecule has 1 N–H and O–H groups in total. The van der Waals surface area contributed by atoms with Gasteiger partial charge in [0.15, 0.2) is 5.11 Å². The van der Waals surface area contributed by atoms with Crippen molar-refractivity contribution in [2.24, 2.45) is 0 Å². The first-order valence-electron chi connectivity index (χ1n) is 11.4. The number of rotatable bonds is 6. The molecule has 3 heterocycles. The molecule has 2 unspecified atom stereocenters.